The summed E-state index contributed by atoms with van der Waals surface area (Å²) in [5, 5.41) is 0. The van der Waals surface area contributed by atoms with Crippen molar-refractivity contribution in [3.63, 3.8) is 0 Å². The molecule has 0 aromatic heterocycles. The number of thioether (sulfide) groups is 1. The average Bonchev–Trinajstić information content (AvgIpc) is 2.24. The molecule has 2 N–H and O–H groups in total. The van der Waals surface area contributed by atoms with Crippen LogP contribution in [-0.4, -0.2) is 5.75 Å². The SMILES string of the molecule is CC(C)CCSc1ccc(CN)c(Br)c1F. The van der Waals surface area contributed by atoms with Gasteiger partial charge in [-0.15, -0.1) is 11.8 Å². The van der Waals surface area contributed by atoms with E-state index < -0.39 is 0 Å². The van der Waals surface area contributed by atoms with Crippen LogP contribution in [0.5, 0.6) is 0 Å². The van der Waals surface area contributed by atoms with E-state index in [1.807, 2.05) is 12.1 Å². The topological polar surface area (TPSA) is 26.0 Å². The minimum Gasteiger partial charge on any atom is -0.326 e. The lowest BCUT2D eigenvalue weighted by Crippen LogP contribution is -2.00. The smallest absolute Gasteiger partial charge is 0.151 e. The van der Waals surface area contributed by atoms with Crippen molar-refractivity contribution < 1.29 is 4.39 Å². The predicted molar refractivity (Wildman–Crippen MR) is 72.2 cm³/mol. The quantitative estimate of drug-likeness (QED) is 0.826. The van der Waals surface area contributed by atoms with E-state index in [1.165, 1.54) is 0 Å². The number of halogens is 2. The molecule has 0 spiro atoms. The van der Waals surface area contributed by atoms with Crippen LogP contribution in [0.25, 0.3) is 0 Å². The molecule has 4 heteroatoms. The molecular formula is C12H17BrFNS. The van der Waals surface area contributed by atoms with Gasteiger partial charge in [0.1, 0.15) is 0 Å². The number of benzene rings is 1. The highest BCUT2D eigenvalue weighted by molar-refractivity contribution is 9.10. The van der Waals surface area contributed by atoms with Gasteiger partial charge < -0.3 is 5.73 Å². The summed E-state index contributed by atoms with van der Waals surface area (Å²) in [5.41, 5.74) is 6.32. The van der Waals surface area contributed by atoms with E-state index in [4.69, 9.17) is 5.73 Å². The molecule has 1 aromatic carbocycles. The summed E-state index contributed by atoms with van der Waals surface area (Å²) in [6.07, 6.45) is 1.10. The Hall–Kier alpha value is -0.0600. The summed E-state index contributed by atoms with van der Waals surface area (Å²) in [4.78, 5) is 0.699. The predicted octanol–water partition coefficient (Wildman–Crippen LogP) is 4.19. The molecule has 0 fully saturated rings. The minimum absolute atomic E-state index is 0.184. The molecule has 0 saturated heterocycles. The molecule has 90 valence electrons. The summed E-state index contributed by atoms with van der Waals surface area (Å²) >= 11 is 4.81. The van der Waals surface area contributed by atoms with Crippen LogP contribution in [0, 0.1) is 11.7 Å². The van der Waals surface area contributed by atoms with Crippen molar-refractivity contribution in [2.45, 2.75) is 31.7 Å². The lowest BCUT2D eigenvalue weighted by atomic mass is 10.2. The van der Waals surface area contributed by atoms with Crippen molar-refractivity contribution in [1.29, 1.82) is 0 Å². The fourth-order valence-corrected chi connectivity index (χ4v) is 3.09. The van der Waals surface area contributed by atoms with E-state index in [0.29, 0.717) is 21.8 Å². The first-order valence-corrected chi connectivity index (χ1v) is 7.13. The molecule has 0 aliphatic heterocycles. The first-order chi connectivity index (χ1) is 7.56. The lowest BCUT2D eigenvalue weighted by Gasteiger charge is -2.09. The van der Waals surface area contributed by atoms with Gasteiger partial charge in [0.15, 0.2) is 5.82 Å². The molecule has 1 nitrogen and oxygen atoms in total. The highest BCUT2D eigenvalue weighted by atomic mass is 79.9. The van der Waals surface area contributed by atoms with E-state index in [2.05, 4.69) is 29.8 Å². The second kappa shape index (κ2) is 6.62. The Balaban J connectivity index is 2.71. The van der Waals surface area contributed by atoms with Crippen LogP contribution < -0.4 is 5.73 Å². The number of nitrogens with two attached hydrogens (primary N) is 1. The van der Waals surface area contributed by atoms with Crippen molar-refractivity contribution in [2.75, 3.05) is 5.75 Å². The number of hydrogen-bond acceptors (Lipinski definition) is 2. The van der Waals surface area contributed by atoms with Crippen LogP contribution in [0.2, 0.25) is 0 Å². The van der Waals surface area contributed by atoms with E-state index in [9.17, 15) is 4.39 Å². The monoisotopic (exact) mass is 305 g/mol. The fourth-order valence-electron chi connectivity index (χ4n) is 1.25. The highest BCUT2D eigenvalue weighted by Gasteiger charge is 2.10. The molecule has 1 aromatic rings. The Morgan fingerprint density at radius 3 is 2.69 bits per heavy atom. The first kappa shape index (κ1) is 14.0. The van der Waals surface area contributed by atoms with Crippen LogP contribution in [0.3, 0.4) is 0 Å². The molecule has 0 aliphatic rings. The molecule has 0 heterocycles. The second-order valence-electron chi connectivity index (χ2n) is 4.09. The summed E-state index contributed by atoms with van der Waals surface area (Å²) < 4.78 is 14.4. The normalized spacial score (nSPS) is 11.1. The molecule has 0 saturated carbocycles. The van der Waals surface area contributed by atoms with Crippen LogP contribution in [-0.2, 0) is 6.54 Å². The standard InChI is InChI=1S/C12H17BrFNS/c1-8(2)5-6-16-10-4-3-9(7-15)11(13)12(10)14/h3-4,8H,5-7,15H2,1-2H3. The molecule has 16 heavy (non-hydrogen) atoms. The Morgan fingerprint density at radius 2 is 2.12 bits per heavy atom. The fraction of sp³-hybridized carbons (Fsp3) is 0.500. The zero-order chi connectivity index (χ0) is 12.1. The molecule has 0 radical (unpaired) electrons. The third-order valence-electron chi connectivity index (χ3n) is 2.30. The third-order valence-corrected chi connectivity index (χ3v) is 4.22. The number of rotatable bonds is 5. The van der Waals surface area contributed by atoms with Gasteiger partial charge >= 0.3 is 0 Å². The highest BCUT2D eigenvalue weighted by Crippen LogP contribution is 2.30. The lowest BCUT2D eigenvalue weighted by molar-refractivity contribution is 0.591. The third kappa shape index (κ3) is 3.75. The van der Waals surface area contributed by atoms with Crippen molar-refractivity contribution >= 4 is 27.7 Å². The Kier molecular flexibility index (Phi) is 5.79. The Morgan fingerprint density at radius 1 is 1.44 bits per heavy atom. The maximum absolute atomic E-state index is 13.9. The summed E-state index contributed by atoms with van der Waals surface area (Å²) in [6.45, 7) is 4.70. The molecule has 0 unspecified atom stereocenters. The van der Waals surface area contributed by atoms with Crippen LogP contribution >= 0.6 is 27.7 Å². The summed E-state index contributed by atoms with van der Waals surface area (Å²) in [6, 6.07) is 3.69. The molecule has 0 atom stereocenters. The van der Waals surface area contributed by atoms with Gasteiger partial charge in [0.2, 0.25) is 0 Å². The van der Waals surface area contributed by atoms with E-state index in [0.717, 1.165) is 17.7 Å². The van der Waals surface area contributed by atoms with Gasteiger partial charge in [0.25, 0.3) is 0 Å². The molecule has 0 amide bonds. The minimum atomic E-state index is -0.184. The number of hydrogen-bond donors (Lipinski definition) is 1. The van der Waals surface area contributed by atoms with Crippen molar-refractivity contribution in [1.82, 2.24) is 0 Å². The molecular weight excluding hydrogens is 289 g/mol. The zero-order valence-corrected chi connectivity index (χ0v) is 12.0. The van der Waals surface area contributed by atoms with E-state index >= 15 is 0 Å². The molecule has 0 bridgehead atoms. The van der Waals surface area contributed by atoms with Gasteiger partial charge in [-0.05, 0) is 45.7 Å². The van der Waals surface area contributed by atoms with Gasteiger partial charge in [0, 0.05) is 11.4 Å². The summed E-state index contributed by atoms with van der Waals surface area (Å²) in [5.74, 6) is 1.42. The van der Waals surface area contributed by atoms with Gasteiger partial charge in [-0.1, -0.05) is 19.9 Å². The Bertz CT molecular complexity index is 355. The van der Waals surface area contributed by atoms with E-state index in [1.54, 1.807) is 11.8 Å². The first-order valence-electron chi connectivity index (χ1n) is 5.36. The second-order valence-corrected chi connectivity index (χ2v) is 6.02. The van der Waals surface area contributed by atoms with Crippen LogP contribution in [0.4, 0.5) is 4.39 Å². The van der Waals surface area contributed by atoms with Crippen molar-refractivity contribution in [3.05, 3.63) is 28.0 Å². The van der Waals surface area contributed by atoms with Gasteiger partial charge in [-0.25, -0.2) is 4.39 Å². The average molecular weight is 306 g/mol. The molecule has 1 rings (SSSR count). The zero-order valence-electron chi connectivity index (χ0n) is 9.59. The van der Waals surface area contributed by atoms with E-state index in [-0.39, 0.29) is 5.82 Å². The maximum Gasteiger partial charge on any atom is 0.151 e. The van der Waals surface area contributed by atoms with Crippen molar-refractivity contribution in [2.24, 2.45) is 11.7 Å². The van der Waals surface area contributed by atoms with Crippen LogP contribution in [0.1, 0.15) is 25.8 Å². The van der Waals surface area contributed by atoms with Gasteiger partial charge in [-0.2, -0.15) is 0 Å². The molecule has 0 aliphatic carbocycles. The van der Waals surface area contributed by atoms with Crippen molar-refractivity contribution in [3.8, 4) is 0 Å². The van der Waals surface area contributed by atoms with Gasteiger partial charge in [0.05, 0.1) is 4.47 Å². The van der Waals surface area contributed by atoms with Crippen LogP contribution in [0.15, 0.2) is 21.5 Å². The Labute approximate surface area is 109 Å². The van der Waals surface area contributed by atoms with Gasteiger partial charge in [-0.3, -0.25) is 0 Å². The maximum atomic E-state index is 13.9. The summed E-state index contributed by atoms with van der Waals surface area (Å²) in [7, 11) is 0. The largest absolute Gasteiger partial charge is 0.326 e.